The summed E-state index contributed by atoms with van der Waals surface area (Å²) in [6.45, 7) is 4.97. The summed E-state index contributed by atoms with van der Waals surface area (Å²) in [5.74, 6) is -0.0184. The van der Waals surface area contributed by atoms with Gasteiger partial charge in [0.1, 0.15) is 0 Å². The third-order valence-corrected chi connectivity index (χ3v) is 18.9. The first-order valence-corrected chi connectivity index (χ1v) is 40.2. The van der Waals surface area contributed by atoms with E-state index < -0.39 is 12.1 Å². The van der Waals surface area contributed by atoms with Crippen molar-refractivity contribution in [2.75, 3.05) is 13.2 Å². The van der Waals surface area contributed by atoms with Gasteiger partial charge in [-0.05, 0) is 83.5 Å². The molecule has 0 saturated heterocycles. The van der Waals surface area contributed by atoms with Crippen molar-refractivity contribution in [3.63, 3.8) is 0 Å². The Balaban J connectivity index is 3.33. The van der Waals surface area contributed by atoms with Gasteiger partial charge in [0.2, 0.25) is 5.91 Å². The Morgan fingerprint density at radius 2 is 0.568 bits per heavy atom. The molecule has 3 N–H and O–H groups in total. The van der Waals surface area contributed by atoms with Crippen molar-refractivity contribution < 1.29 is 24.5 Å². The lowest BCUT2D eigenvalue weighted by molar-refractivity contribution is -0.143. The van der Waals surface area contributed by atoms with Crippen molar-refractivity contribution in [2.24, 2.45) is 0 Å². The number of carbonyl (C=O) groups is 2. The van der Waals surface area contributed by atoms with Crippen molar-refractivity contribution in [3.8, 4) is 0 Å². The fourth-order valence-electron chi connectivity index (χ4n) is 12.8. The summed E-state index contributed by atoms with van der Waals surface area (Å²) in [6, 6.07) is -0.539. The molecule has 2 unspecified atom stereocenters. The number of esters is 1. The second kappa shape index (κ2) is 77.5. The normalized spacial score (nSPS) is 12.6. The molecule has 0 aromatic rings. The topological polar surface area (TPSA) is 95.9 Å². The number of rotatable bonds is 76. The van der Waals surface area contributed by atoms with Gasteiger partial charge in [-0.15, -0.1) is 0 Å². The van der Waals surface area contributed by atoms with Crippen molar-refractivity contribution >= 4 is 11.9 Å². The summed E-state index contributed by atoms with van der Waals surface area (Å²) < 4.78 is 5.49. The molecule has 0 aromatic carbocycles. The molecule has 0 bridgehead atoms. The Hall–Kier alpha value is -1.92. The van der Waals surface area contributed by atoms with Gasteiger partial charge in [0.25, 0.3) is 0 Å². The second-order valence-corrected chi connectivity index (χ2v) is 27.7. The summed E-state index contributed by atoms with van der Waals surface area (Å²) in [5, 5.41) is 23.4. The van der Waals surface area contributed by atoms with Gasteiger partial charge in [-0.1, -0.05) is 391 Å². The van der Waals surface area contributed by atoms with Crippen LogP contribution in [0.1, 0.15) is 450 Å². The number of ether oxygens (including phenoxy) is 1. The minimum Gasteiger partial charge on any atom is -0.466 e. The molecule has 0 radical (unpaired) electrons. The highest BCUT2D eigenvalue weighted by Gasteiger charge is 2.20. The Labute approximate surface area is 551 Å². The fourth-order valence-corrected chi connectivity index (χ4v) is 12.8. The lowest BCUT2D eigenvalue weighted by atomic mass is 10.0. The number of aliphatic hydroxyl groups is 2. The number of carbonyl (C=O) groups excluding carboxylic acids is 2. The molecule has 0 aliphatic rings. The Morgan fingerprint density at radius 1 is 0.318 bits per heavy atom. The van der Waals surface area contributed by atoms with Crippen molar-refractivity contribution in [3.05, 3.63) is 36.5 Å². The number of unbranched alkanes of at least 4 members (excludes halogenated alkanes) is 59. The molecule has 0 spiro atoms. The van der Waals surface area contributed by atoms with Crippen LogP contribution in [0.3, 0.4) is 0 Å². The van der Waals surface area contributed by atoms with Crippen LogP contribution in [0.5, 0.6) is 0 Å². The lowest BCUT2D eigenvalue weighted by Crippen LogP contribution is -2.45. The summed E-state index contributed by atoms with van der Waals surface area (Å²) in [7, 11) is 0. The maximum atomic E-state index is 12.6. The van der Waals surface area contributed by atoms with Gasteiger partial charge in [0, 0.05) is 12.8 Å². The van der Waals surface area contributed by atoms with Crippen LogP contribution in [0.15, 0.2) is 36.5 Å². The first-order valence-electron chi connectivity index (χ1n) is 40.2. The van der Waals surface area contributed by atoms with Crippen LogP contribution in [-0.4, -0.2) is 47.4 Å². The largest absolute Gasteiger partial charge is 0.466 e. The predicted octanol–water partition coefficient (Wildman–Crippen LogP) is 26.6. The van der Waals surface area contributed by atoms with Gasteiger partial charge in [0.15, 0.2) is 0 Å². The minimum absolute atomic E-state index is 0.00801. The fraction of sp³-hybridized carbons (Fsp3) is 0.902. The maximum Gasteiger partial charge on any atom is 0.305 e. The molecule has 1 amide bonds. The zero-order valence-electron chi connectivity index (χ0n) is 59.7. The molecule has 2 atom stereocenters. The van der Waals surface area contributed by atoms with E-state index in [4.69, 9.17) is 4.74 Å². The highest BCUT2D eigenvalue weighted by Crippen LogP contribution is 2.20. The van der Waals surface area contributed by atoms with Gasteiger partial charge >= 0.3 is 5.97 Å². The van der Waals surface area contributed by atoms with E-state index in [0.29, 0.717) is 25.9 Å². The molecule has 0 fully saturated rings. The number of aliphatic hydroxyl groups excluding tert-OH is 2. The number of allylic oxidation sites excluding steroid dienone is 6. The Kier molecular flexibility index (Phi) is 75.8. The molecular weight excluding hydrogens is 1080 g/mol. The second-order valence-electron chi connectivity index (χ2n) is 27.7. The average Bonchev–Trinajstić information content (AvgIpc) is 3.60. The molecule has 6 heteroatoms. The zero-order valence-corrected chi connectivity index (χ0v) is 59.7. The molecule has 0 heterocycles. The summed E-state index contributed by atoms with van der Waals surface area (Å²) >= 11 is 0. The van der Waals surface area contributed by atoms with Gasteiger partial charge < -0.3 is 20.3 Å². The summed E-state index contributed by atoms with van der Waals surface area (Å²) in [4.78, 5) is 24.6. The van der Waals surface area contributed by atoms with Gasteiger partial charge in [0.05, 0.1) is 25.4 Å². The van der Waals surface area contributed by atoms with E-state index in [2.05, 4.69) is 55.6 Å². The van der Waals surface area contributed by atoms with E-state index in [0.717, 1.165) is 51.4 Å². The highest BCUT2D eigenvalue weighted by molar-refractivity contribution is 5.76. The Bertz CT molecular complexity index is 1430. The van der Waals surface area contributed by atoms with Gasteiger partial charge in [-0.25, -0.2) is 0 Å². The van der Waals surface area contributed by atoms with Crippen LogP contribution in [0.4, 0.5) is 0 Å². The molecule has 0 rings (SSSR count). The van der Waals surface area contributed by atoms with Crippen LogP contribution in [0, 0.1) is 0 Å². The molecule has 6 nitrogen and oxygen atoms in total. The first kappa shape index (κ1) is 86.1. The third kappa shape index (κ3) is 73.1. The quantitative estimate of drug-likeness (QED) is 0.0320. The highest BCUT2D eigenvalue weighted by atomic mass is 16.5. The summed E-state index contributed by atoms with van der Waals surface area (Å²) in [6.07, 6.45) is 101. The molecule has 88 heavy (non-hydrogen) atoms. The monoisotopic (exact) mass is 1240 g/mol. The SMILES string of the molecule is CCCCC/C=C\C/C=C\CCCCCCCC(=O)OCCCCCCCCCCCCCCCCCC/C=C\CCCCCCCCCCCCCCCCCCCC(=O)NC(CO)C(O)CCCCCCCCCCCCCCCCCCCCC. The molecule has 0 saturated carbocycles. The molecular formula is C82H157NO5. The number of hydrogen-bond donors (Lipinski definition) is 3. The molecule has 520 valence electrons. The van der Waals surface area contributed by atoms with Crippen LogP contribution < -0.4 is 5.32 Å². The molecule has 0 aliphatic carbocycles. The number of hydrogen-bond acceptors (Lipinski definition) is 5. The van der Waals surface area contributed by atoms with E-state index >= 15 is 0 Å². The van der Waals surface area contributed by atoms with Crippen molar-refractivity contribution in [1.82, 2.24) is 5.32 Å². The first-order chi connectivity index (χ1) is 43.5. The van der Waals surface area contributed by atoms with Crippen molar-refractivity contribution in [2.45, 2.75) is 463 Å². The zero-order chi connectivity index (χ0) is 63.5. The van der Waals surface area contributed by atoms with Crippen molar-refractivity contribution in [1.29, 1.82) is 0 Å². The van der Waals surface area contributed by atoms with Gasteiger partial charge in [-0.3, -0.25) is 9.59 Å². The number of amides is 1. The summed E-state index contributed by atoms with van der Waals surface area (Å²) in [5.41, 5.74) is 0. The predicted molar refractivity (Wildman–Crippen MR) is 389 cm³/mol. The third-order valence-electron chi connectivity index (χ3n) is 18.9. The minimum atomic E-state index is -0.662. The van der Waals surface area contributed by atoms with E-state index in [1.165, 1.54) is 366 Å². The average molecular weight is 1240 g/mol. The standard InChI is InChI=1S/C82H157NO5/c1-3-5-7-9-11-13-15-17-19-20-40-43-47-50-54-58-62-66-70-74-80(85)79(78-84)83-81(86)75-71-67-63-59-55-51-48-44-41-38-36-34-32-30-28-26-24-22-21-23-25-27-29-31-33-35-37-39-42-45-49-53-57-61-65-69-73-77-88-82(87)76-72-68-64-60-56-52-46-18-16-14-12-10-8-6-4-2/h12,14,18,21,23,46,79-80,84-85H,3-11,13,15-17,19-20,22,24-45,47-78H2,1-2H3,(H,83,86)/b14-12-,23-21-,46-18-. The van der Waals surface area contributed by atoms with Gasteiger partial charge in [-0.2, -0.15) is 0 Å². The van der Waals surface area contributed by atoms with Crippen LogP contribution >= 0.6 is 0 Å². The van der Waals surface area contributed by atoms with Crippen LogP contribution in [0.25, 0.3) is 0 Å². The Morgan fingerprint density at radius 3 is 0.898 bits per heavy atom. The number of nitrogens with one attached hydrogen (secondary N) is 1. The molecule has 0 aliphatic heterocycles. The van der Waals surface area contributed by atoms with E-state index in [-0.39, 0.29) is 18.5 Å². The maximum absolute atomic E-state index is 12.6. The smallest absolute Gasteiger partial charge is 0.305 e. The van der Waals surface area contributed by atoms with E-state index in [1.807, 2.05) is 0 Å². The van der Waals surface area contributed by atoms with Crippen LogP contribution in [-0.2, 0) is 14.3 Å². The molecule has 0 aromatic heterocycles. The van der Waals surface area contributed by atoms with Crippen LogP contribution in [0.2, 0.25) is 0 Å². The van der Waals surface area contributed by atoms with E-state index in [1.54, 1.807) is 0 Å². The lowest BCUT2D eigenvalue weighted by Gasteiger charge is -2.22. The van der Waals surface area contributed by atoms with E-state index in [9.17, 15) is 19.8 Å².